The smallest absolute Gasteiger partial charge is 0.248 e. The molecule has 1 saturated heterocycles. The third-order valence-electron chi connectivity index (χ3n) is 3.89. The Kier molecular flexibility index (Phi) is 3.80. The van der Waals surface area contributed by atoms with Crippen LogP contribution in [0.25, 0.3) is 11.5 Å². The van der Waals surface area contributed by atoms with E-state index in [2.05, 4.69) is 15.1 Å². The Bertz CT molecular complexity index is 582. The first-order chi connectivity index (χ1) is 9.78. The van der Waals surface area contributed by atoms with Gasteiger partial charge in [-0.3, -0.25) is 4.90 Å². The summed E-state index contributed by atoms with van der Waals surface area (Å²) in [6.45, 7) is 3.82. The van der Waals surface area contributed by atoms with Crippen LogP contribution in [0.4, 0.5) is 0 Å². The highest BCUT2D eigenvalue weighted by molar-refractivity contribution is 5.57. The van der Waals surface area contributed by atoms with Gasteiger partial charge < -0.3 is 9.52 Å². The van der Waals surface area contributed by atoms with Crippen molar-refractivity contribution in [2.45, 2.75) is 32.4 Å². The predicted molar refractivity (Wildman–Crippen MR) is 75.0 cm³/mol. The predicted octanol–water partition coefficient (Wildman–Crippen LogP) is 2.00. The molecule has 0 spiro atoms. The number of aromatic nitrogens is 2. The lowest BCUT2D eigenvalue weighted by Gasteiger charge is -2.20. The van der Waals surface area contributed by atoms with Crippen molar-refractivity contribution in [3.63, 3.8) is 0 Å². The Morgan fingerprint density at radius 1 is 1.35 bits per heavy atom. The van der Waals surface area contributed by atoms with Crippen LogP contribution in [-0.4, -0.2) is 39.4 Å². The molecule has 1 aromatic heterocycles. The fourth-order valence-electron chi connectivity index (χ4n) is 2.72. The molecule has 1 atom stereocenters. The van der Waals surface area contributed by atoms with E-state index in [1.807, 2.05) is 31.2 Å². The maximum atomic E-state index is 9.33. The average molecular weight is 273 g/mol. The third-order valence-corrected chi connectivity index (χ3v) is 3.89. The zero-order valence-electron chi connectivity index (χ0n) is 11.6. The Morgan fingerprint density at radius 2 is 2.20 bits per heavy atom. The minimum Gasteiger partial charge on any atom is -0.419 e. The van der Waals surface area contributed by atoms with Gasteiger partial charge in [-0.2, -0.15) is 0 Å². The van der Waals surface area contributed by atoms with Crippen LogP contribution < -0.4 is 0 Å². The summed E-state index contributed by atoms with van der Waals surface area (Å²) < 4.78 is 5.76. The fourth-order valence-corrected chi connectivity index (χ4v) is 2.72. The molecule has 5 nitrogen and oxygen atoms in total. The lowest BCUT2D eigenvalue weighted by Crippen LogP contribution is -2.31. The second-order valence-corrected chi connectivity index (χ2v) is 5.26. The van der Waals surface area contributed by atoms with E-state index in [-0.39, 0.29) is 12.6 Å². The lowest BCUT2D eigenvalue weighted by molar-refractivity contribution is 0.144. The largest absolute Gasteiger partial charge is 0.419 e. The van der Waals surface area contributed by atoms with Gasteiger partial charge >= 0.3 is 0 Å². The van der Waals surface area contributed by atoms with Gasteiger partial charge in [-0.15, -0.1) is 10.2 Å². The second-order valence-electron chi connectivity index (χ2n) is 5.26. The van der Waals surface area contributed by atoms with Gasteiger partial charge in [0.05, 0.1) is 13.2 Å². The lowest BCUT2D eigenvalue weighted by atomic mass is 10.1. The van der Waals surface area contributed by atoms with Crippen LogP contribution in [0.15, 0.2) is 28.7 Å². The summed E-state index contributed by atoms with van der Waals surface area (Å²) >= 11 is 0. The SMILES string of the molecule is Cc1ccccc1-c1nnc(CN2CCC[C@@H]2CO)o1. The number of nitrogens with zero attached hydrogens (tertiary/aromatic N) is 3. The van der Waals surface area contributed by atoms with Crippen LogP contribution in [0.3, 0.4) is 0 Å². The molecular weight excluding hydrogens is 254 g/mol. The van der Waals surface area contributed by atoms with Gasteiger partial charge in [0, 0.05) is 11.6 Å². The fraction of sp³-hybridized carbons (Fsp3) is 0.467. The van der Waals surface area contributed by atoms with Gasteiger partial charge in [0.15, 0.2) is 0 Å². The van der Waals surface area contributed by atoms with Crippen molar-refractivity contribution in [2.75, 3.05) is 13.2 Å². The molecule has 0 radical (unpaired) electrons. The number of benzene rings is 1. The molecule has 0 unspecified atom stereocenters. The number of aliphatic hydroxyl groups is 1. The van der Waals surface area contributed by atoms with E-state index in [1.54, 1.807) is 0 Å². The molecule has 0 aliphatic carbocycles. The quantitative estimate of drug-likeness (QED) is 0.923. The average Bonchev–Trinajstić information content (AvgIpc) is 3.09. The molecule has 106 valence electrons. The van der Waals surface area contributed by atoms with E-state index in [0.29, 0.717) is 18.3 Å². The molecule has 5 heteroatoms. The molecular formula is C15H19N3O2. The zero-order valence-corrected chi connectivity index (χ0v) is 11.6. The van der Waals surface area contributed by atoms with Crippen molar-refractivity contribution in [3.8, 4) is 11.5 Å². The van der Waals surface area contributed by atoms with E-state index in [9.17, 15) is 5.11 Å². The molecule has 0 saturated carbocycles. The van der Waals surface area contributed by atoms with Crippen LogP contribution in [0.2, 0.25) is 0 Å². The summed E-state index contributed by atoms with van der Waals surface area (Å²) in [7, 11) is 0. The molecule has 1 N–H and O–H groups in total. The summed E-state index contributed by atoms with van der Waals surface area (Å²) in [5, 5.41) is 17.6. The normalized spacial score (nSPS) is 19.6. The molecule has 1 aliphatic heterocycles. The maximum Gasteiger partial charge on any atom is 0.248 e. The Labute approximate surface area is 118 Å². The second kappa shape index (κ2) is 5.73. The number of rotatable bonds is 4. The first-order valence-corrected chi connectivity index (χ1v) is 7.01. The van der Waals surface area contributed by atoms with E-state index in [4.69, 9.17) is 4.42 Å². The van der Waals surface area contributed by atoms with Crippen LogP contribution in [-0.2, 0) is 6.54 Å². The van der Waals surface area contributed by atoms with Gasteiger partial charge in [-0.25, -0.2) is 0 Å². The Hall–Kier alpha value is -1.72. The Morgan fingerprint density at radius 3 is 3.00 bits per heavy atom. The highest BCUT2D eigenvalue weighted by atomic mass is 16.4. The molecule has 1 aliphatic rings. The maximum absolute atomic E-state index is 9.33. The highest BCUT2D eigenvalue weighted by Crippen LogP contribution is 2.23. The minimum atomic E-state index is 0.193. The summed E-state index contributed by atoms with van der Waals surface area (Å²) in [4.78, 5) is 2.20. The first kappa shape index (κ1) is 13.3. The number of aliphatic hydroxyl groups excluding tert-OH is 1. The molecule has 1 aromatic carbocycles. The summed E-state index contributed by atoms with van der Waals surface area (Å²) in [5.74, 6) is 1.18. The third kappa shape index (κ3) is 2.59. The van der Waals surface area contributed by atoms with Gasteiger partial charge in [0.2, 0.25) is 11.8 Å². The first-order valence-electron chi connectivity index (χ1n) is 7.01. The van der Waals surface area contributed by atoms with Crippen LogP contribution >= 0.6 is 0 Å². The van der Waals surface area contributed by atoms with E-state index >= 15 is 0 Å². The number of hydrogen-bond acceptors (Lipinski definition) is 5. The van der Waals surface area contributed by atoms with E-state index in [0.717, 1.165) is 30.5 Å². The van der Waals surface area contributed by atoms with Crippen LogP contribution in [0.5, 0.6) is 0 Å². The van der Waals surface area contributed by atoms with Crippen molar-refractivity contribution < 1.29 is 9.52 Å². The van der Waals surface area contributed by atoms with Gasteiger partial charge in [-0.05, 0) is 37.9 Å². The van der Waals surface area contributed by atoms with Gasteiger partial charge in [0.1, 0.15) is 0 Å². The van der Waals surface area contributed by atoms with Crippen LogP contribution in [0.1, 0.15) is 24.3 Å². The molecule has 0 bridgehead atoms. The van der Waals surface area contributed by atoms with Crippen molar-refractivity contribution in [3.05, 3.63) is 35.7 Å². The number of aryl methyl sites for hydroxylation is 1. The highest BCUT2D eigenvalue weighted by Gasteiger charge is 2.25. The Balaban J connectivity index is 1.76. The summed E-state index contributed by atoms with van der Waals surface area (Å²) in [5.41, 5.74) is 2.10. The number of likely N-dealkylation sites (tertiary alicyclic amines) is 1. The molecule has 1 fully saturated rings. The molecule has 3 rings (SSSR count). The topological polar surface area (TPSA) is 62.4 Å². The summed E-state index contributed by atoms with van der Waals surface area (Å²) in [6, 6.07) is 8.20. The van der Waals surface area contributed by atoms with Crippen molar-refractivity contribution >= 4 is 0 Å². The standard InChI is InChI=1S/C15H19N3O2/c1-11-5-2-3-7-13(11)15-17-16-14(20-15)9-18-8-4-6-12(18)10-19/h2-3,5,7,12,19H,4,6,8-10H2,1H3/t12-/m1/s1. The van der Waals surface area contributed by atoms with E-state index < -0.39 is 0 Å². The van der Waals surface area contributed by atoms with Gasteiger partial charge in [-0.1, -0.05) is 18.2 Å². The minimum absolute atomic E-state index is 0.193. The van der Waals surface area contributed by atoms with Gasteiger partial charge in [0.25, 0.3) is 0 Å². The molecule has 0 amide bonds. The summed E-state index contributed by atoms with van der Waals surface area (Å²) in [6.07, 6.45) is 2.15. The van der Waals surface area contributed by atoms with Crippen molar-refractivity contribution in [1.29, 1.82) is 0 Å². The van der Waals surface area contributed by atoms with Crippen molar-refractivity contribution in [2.24, 2.45) is 0 Å². The zero-order chi connectivity index (χ0) is 13.9. The molecule has 20 heavy (non-hydrogen) atoms. The number of hydrogen-bond donors (Lipinski definition) is 1. The monoisotopic (exact) mass is 273 g/mol. The van der Waals surface area contributed by atoms with E-state index in [1.165, 1.54) is 0 Å². The van der Waals surface area contributed by atoms with Crippen molar-refractivity contribution in [1.82, 2.24) is 15.1 Å². The molecule has 2 aromatic rings. The molecule has 2 heterocycles. The van der Waals surface area contributed by atoms with Crippen LogP contribution in [0, 0.1) is 6.92 Å².